The van der Waals surface area contributed by atoms with Crippen molar-refractivity contribution < 1.29 is 4.79 Å². The molecule has 0 unspecified atom stereocenters. The number of hydrogen-bond donors (Lipinski definition) is 1. The van der Waals surface area contributed by atoms with Gasteiger partial charge >= 0.3 is 0 Å². The summed E-state index contributed by atoms with van der Waals surface area (Å²) in [6.07, 6.45) is 4.10. The molecule has 0 aliphatic heterocycles. The van der Waals surface area contributed by atoms with Gasteiger partial charge in [-0.25, -0.2) is 4.68 Å². The average molecular weight is 375 g/mol. The molecule has 6 nitrogen and oxygen atoms in total. The van der Waals surface area contributed by atoms with Crippen molar-refractivity contribution in [2.45, 2.75) is 32.2 Å². The van der Waals surface area contributed by atoms with Crippen molar-refractivity contribution in [3.05, 3.63) is 50.1 Å². The Morgan fingerprint density at radius 1 is 1.28 bits per heavy atom. The summed E-state index contributed by atoms with van der Waals surface area (Å²) in [5, 5.41) is 11.8. The second-order valence-electron chi connectivity index (χ2n) is 5.97. The number of rotatable bonds is 3. The first-order valence-corrected chi connectivity index (χ1v) is 9.25. The van der Waals surface area contributed by atoms with Gasteiger partial charge in [-0.3, -0.25) is 9.59 Å². The first-order valence-electron chi connectivity index (χ1n) is 8.06. The van der Waals surface area contributed by atoms with Crippen LogP contribution in [0.4, 0.5) is 5.69 Å². The van der Waals surface area contributed by atoms with Crippen LogP contribution in [0.3, 0.4) is 0 Å². The third kappa shape index (κ3) is 3.05. The molecule has 1 N–H and O–H groups in total. The van der Waals surface area contributed by atoms with E-state index in [1.807, 2.05) is 0 Å². The number of benzene rings is 1. The van der Waals surface area contributed by atoms with Crippen molar-refractivity contribution in [1.29, 1.82) is 0 Å². The van der Waals surface area contributed by atoms with Gasteiger partial charge in [0.25, 0.3) is 5.56 Å². The normalized spacial score (nSPS) is 13.6. The first kappa shape index (κ1) is 16.2. The summed E-state index contributed by atoms with van der Waals surface area (Å²) in [6, 6.07) is 6.94. The minimum Gasteiger partial charge on any atom is -0.323 e. The monoisotopic (exact) mass is 374 g/mol. The Kier molecular flexibility index (Phi) is 4.27. The number of anilines is 1. The van der Waals surface area contributed by atoms with Gasteiger partial charge in [0.2, 0.25) is 5.91 Å². The summed E-state index contributed by atoms with van der Waals surface area (Å²) in [6.45, 7) is -0.197. The maximum absolute atomic E-state index is 12.8. The fraction of sp³-hybridized carbons (Fsp3) is 0.294. The number of nitrogens with one attached hydrogen (secondary N) is 1. The van der Waals surface area contributed by atoms with E-state index in [1.165, 1.54) is 4.88 Å². The highest BCUT2D eigenvalue weighted by atomic mass is 35.5. The molecule has 2 heterocycles. The van der Waals surface area contributed by atoms with Crippen molar-refractivity contribution in [2.75, 3.05) is 5.32 Å². The average Bonchev–Trinajstić information content (AvgIpc) is 2.99. The molecule has 3 aromatic rings. The molecule has 4 rings (SSSR count). The highest BCUT2D eigenvalue weighted by Gasteiger charge is 2.21. The van der Waals surface area contributed by atoms with Gasteiger partial charge in [-0.05, 0) is 43.4 Å². The lowest BCUT2D eigenvalue weighted by Gasteiger charge is -2.10. The summed E-state index contributed by atoms with van der Waals surface area (Å²) in [5.74, 6) is -0.368. The predicted octanol–water partition coefficient (Wildman–Crippen LogP) is 3.02. The van der Waals surface area contributed by atoms with E-state index in [9.17, 15) is 9.59 Å². The Balaban J connectivity index is 1.63. The van der Waals surface area contributed by atoms with E-state index in [-0.39, 0.29) is 18.0 Å². The second kappa shape index (κ2) is 6.57. The van der Waals surface area contributed by atoms with Crippen LogP contribution in [0.2, 0.25) is 5.02 Å². The smallest absolute Gasteiger partial charge is 0.279 e. The second-order valence-corrected chi connectivity index (χ2v) is 7.46. The Bertz CT molecular complexity index is 1030. The maximum Gasteiger partial charge on any atom is 0.279 e. The molecule has 0 saturated carbocycles. The van der Waals surface area contributed by atoms with Crippen molar-refractivity contribution >= 4 is 44.7 Å². The number of para-hydroxylation sites is 1. The first-order chi connectivity index (χ1) is 12.1. The van der Waals surface area contributed by atoms with Crippen molar-refractivity contribution in [1.82, 2.24) is 15.0 Å². The third-order valence-corrected chi connectivity index (χ3v) is 5.79. The van der Waals surface area contributed by atoms with E-state index in [0.717, 1.165) is 35.9 Å². The number of fused-ring (bicyclic) bond motifs is 3. The molecule has 2 aromatic heterocycles. The molecule has 25 heavy (non-hydrogen) atoms. The number of hydrogen-bond acceptors (Lipinski definition) is 5. The van der Waals surface area contributed by atoms with Gasteiger partial charge in [-0.2, -0.15) is 0 Å². The molecule has 0 spiro atoms. The fourth-order valence-electron chi connectivity index (χ4n) is 3.10. The zero-order chi connectivity index (χ0) is 17.4. The number of carbonyl (C=O) groups is 1. The summed E-state index contributed by atoms with van der Waals surface area (Å²) >= 11 is 7.58. The summed E-state index contributed by atoms with van der Waals surface area (Å²) < 4.78 is 1.12. The molecule has 1 aromatic carbocycles. The van der Waals surface area contributed by atoms with Gasteiger partial charge in [0.15, 0.2) is 4.83 Å². The molecule has 128 valence electrons. The number of aryl methyl sites for hydroxylation is 2. The molecule has 1 aliphatic rings. The number of thiophene rings is 1. The van der Waals surface area contributed by atoms with Gasteiger partial charge in [-0.1, -0.05) is 28.9 Å². The molecule has 0 bridgehead atoms. The predicted molar refractivity (Wildman–Crippen MR) is 98.4 cm³/mol. The van der Waals surface area contributed by atoms with Crippen LogP contribution in [0.5, 0.6) is 0 Å². The lowest BCUT2D eigenvalue weighted by Crippen LogP contribution is -2.30. The Morgan fingerprint density at radius 3 is 2.92 bits per heavy atom. The van der Waals surface area contributed by atoms with E-state index in [0.29, 0.717) is 20.9 Å². The van der Waals surface area contributed by atoms with E-state index < -0.39 is 0 Å². The molecule has 8 heteroatoms. The van der Waals surface area contributed by atoms with Crippen molar-refractivity contribution in [3.63, 3.8) is 0 Å². The number of carbonyl (C=O) groups excluding carboxylic acids is 1. The number of amides is 1. The van der Waals surface area contributed by atoms with Gasteiger partial charge < -0.3 is 5.32 Å². The van der Waals surface area contributed by atoms with Crippen LogP contribution in [-0.2, 0) is 24.2 Å². The Hall–Kier alpha value is -2.25. The number of nitrogens with zero attached hydrogens (tertiary/aromatic N) is 3. The van der Waals surface area contributed by atoms with Crippen LogP contribution in [-0.4, -0.2) is 20.9 Å². The lowest BCUT2D eigenvalue weighted by molar-refractivity contribution is -0.117. The molecule has 1 amide bonds. The number of halogens is 1. The highest BCUT2D eigenvalue weighted by Crippen LogP contribution is 2.33. The van der Waals surface area contributed by atoms with E-state index in [2.05, 4.69) is 15.6 Å². The minimum absolute atomic E-state index is 0.197. The molecule has 0 saturated heterocycles. The molecule has 0 fully saturated rings. The van der Waals surface area contributed by atoms with Crippen LogP contribution >= 0.6 is 22.9 Å². The lowest BCUT2D eigenvalue weighted by atomic mass is 9.97. The fourth-order valence-corrected chi connectivity index (χ4v) is 4.48. The summed E-state index contributed by atoms with van der Waals surface area (Å²) in [5.41, 5.74) is 1.34. The van der Waals surface area contributed by atoms with Crippen LogP contribution < -0.4 is 10.9 Å². The SMILES string of the molecule is O=C(Cn1nnc2sc3c(c2c1=O)CCCC3)Nc1ccccc1Cl. The standard InChI is InChI=1S/C17H15ClN4O2S/c18-11-6-2-3-7-12(11)19-14(23)9-22-17(24)15-10-5-1-4-8-13(10)25-16(15)20-21-22/h2-3,6-7H,1,4-5,8-9H2,(H,19,23). The highest BCUT2D eigenvalue weighted by molar-refractivity contribution is 7.18. The zero-order valence-electron chi connectivity index (χ0n) is 13.3. The maximum atomic E-state index is 12.8. The molecule has 1 aliphatic carbocycles. The summed E-state index contributed by atoms with van der Waals surface area (Å²) in [4.78, 5) is 26.9. The number of aromatic nitrogens is 3. The molecular weight excluding hydrogens is 360 g/mol. The molecule has 0 radical (unpaired) electrons. The van der Waals surface area contributed by atoms with Crippen LogP contribution in [0.25, 0.3) is 10.2 Å². The van der Waals surface area contributed by atoms with Gasteiger partial charge in [0, 0.05) is 4.88 Å². The molecule has 0 atom stereocenters. The van der Waals surface area contributed by atoms with Gasteiger partial charge in [-0.15, -0.1) is 16.4 Å². The van der Waals surface area contributed by atoms with Gasteiger partial charge in [0.05, 0.1) is 16.1 Å². The third-order valence-electron chi connectivity index (χ3n) is 4.29. The topological polar surface area (TPSA) is 76.9 Å². The van der Waals surface area contributed by atoms with E-state index in [1.54, 1.807) is 35.6 Å². The largest absolute Gasteiger partial charge is 0.323 e. The summed E-state index contributed by atoms with van der Waals surface area (Å²) in [7, 11) is 0. The zero-order valence-corrected chi connectivity index (χ0v) is 14.9. The minimum atomic E-state index is -0.368. The molecular formula is C17H15ClN4O2S. The Labute approximate surface area is 152 Å². The van der Waals surface area contributed by atoms with E-state index >= 15 is 0 Å². The van der Waals surface area contributed by atoms with Crippen molar-refractivity contribution in [3.8, 4) is 0 Å². The quantitative estimate of drug-likeness (QED) is 0.764. The Morgan fingerprint density at radius 2 is 2.08 bits per heavy atom. The van der Waals surface area contributed by atoms with Crippen LogP contribution in [0.1, 0.15) is 23.3 Å². The van der Waals surface area contributed by atoms with Gasteiger partial charge in [0.1, 0.15) is 6.54 Å². The van der Waals surface area contributed by atoms with Crippen LogP contribution in [0, 0.1) is 0 Å². The van der Waals surface area contributed by atoms with Crippen molar-refractivity contribution in [2.24, 2.45) is 0 Å². The van der Waals surface area contributed by atoms with E-state index in [4.69, 9.17) is 11.6 Å². The van der Waals surface area contributed by atoms with Crippen LogP contribution in [0.15, 0.2) is 29.1 Å².